The summed E-state index contributed by atoms with van der Waals surface area (Å²) in [5, 5.41) is 0. The van der Waals surface area contributed by atoms with Crippen LogP contribution in [0.5, 0.6) is 0 Å². The van der Waals surface area contributed by atoms with Crippen LogP contribution in [-0.4, -0.2) is 29.9 Å². The molecule has 2 rings (SSSR count). The second kappa shape index (κ2) is 3.68. The lowest BCUT2D eigenvalue weighted by molar-refractivity contribution is 0.601. The van der Waals surface area contributed by atoms with E-state index in [0.29, 0.717) is 16.9 Å². The minimum Gasteiger partial charge on any atom is -0.347 e. The molecule has 1 aliphatic rings. The molecular formula is C9H12N2O2S2. The van der Waals surface area contributed by atoms with E-state index in [1.54, 1.807) is 6.07 Å². The van der Waals surface area contributed by atoms with E-state index in [1.807, 2.05) is 6.92 Å². The van der Waals surface area contributed by atoms with E-state index in [2.05, 4.69) is 9.97 Å². The molecule has 0 aliphatic carbocycles. The number of hydrogen-bond acceptors (Lipinski definition) is 4. The summed E-state index contributed by atoms with van der Waals surface area (Å²) in [6, 6.07) is 1.77. The van der Waals surface area contributed by atoms with Crippen LogP contribution >= 0.6 is 12.2 Å². The molecule has 1 aliphatic heterocycles. The molecule has 0 saturated carbocycles. The number of aromatic amines is 1. The van der Waals surface area contributed by atoms with Crippen molar-refractivity contribution in [3.8, 4) is 0 Å². The largest absolute Gasteiger partial charge is 0.347 e. The van der Waals surface area contributed by atoms with E-state index in [9.17, 15) is 8.42 Å². The van der Waals surface area contributed by atoms with Crippen molar-refractivity contribution >= 4 is 22.1 Å². The summed E-state index contributed by atoms with van der Waals surface area (Å²) in [5.41, 5.74) is 0.925. The van der Waals surface area contributed by atoms with Gasteiger partial charge in [0, 0.05) is 11.6 Å². The highest BCUT2D eigenvalue weighted by molar-refractivity contribution is 7.91. The van der Waals surface area contributed by atoms with Crippen molar-refractivity contribution < 1.29 is 8.42 Å². The Morgan fingerprint density at radius 2 is 2.33 bits per heavy atom. The van der Waals surface area contributed by atoms with Gasteiger partial charge in [-0.05, 0) is 19.4 Å². The van der Waals surface area contributed by atoms with Gasteiger partial charge in [0.15, 0.2) is 9.84 Å². The first kappa shape index (κ1) is 10.8. The number of aromatic nitrogens is 2. The lowest BCUT2D eigenvalue weighted by Crippen LogP contribution is -2.08. The molecule has 15 heavy (non-hydrogen) atoms. The Morgan fingerprint density at radius 3 is 2.87 bits per heavy atom. The number of sulfone groups is 1. The lowest BCUT2D eigenvalue weighted by atomic mass is 10.1. The maximum absolute atomic E-state index is 11.3. The first-order chi connectivity index (χ1) is 6.96. The fourth-order valence-electron chi connectivity index (χ4n) is 1.81. The molecule has 0 radical (unpaired) electrons. The van der Waals surface area contributed by atoms with Crippen molar-refractivity contribution in [2.75, 3.05) is 11.5 Å². The van der Waals surface area contributed by atoms with Crippen molar-refractivity contribution in [1.82, 2.24) is 9.97 Å². The molecule has 1 aromatic rings. The second-order valence-corrected chi connectivity index (χ2v) is 6.53. The summed E-state index contributed by atoms with van der Waals surface area (Å²) in [6.45, 7) is 1.89. The van der Waals surface area contributed by atoms with Crippen LogP contribution in [0.2, 0.25) is 0 Å². The maximum Gasteiger partial charge on any atom is 0.151 e. The van der Waals surface area contributed by atoms with Crippen LogP contribution in [-0.2, 0) is 9.84 Å². The molecule has 6 heteroatoms. The van der Waals surface area contributed by atoms with Crippen molar-refractivity contribution in [3.05, 3.63) is 22.2 Å². The summed E-state index contributed by atoms with van der Waals surface area (Å²) >= 11 is 5.00. The van der Waals surface area contributed by atoms with Crippen LogP contribution in [0.25, 0.3) is 0 Å². The smallest absolute Gasteiger partial charge is 0.151 e. The Labute approximate surface area is 93.7 Å². The molecule has 4 nitrogen and oxygen atoms in total. The third kappa shape index (κ3) is 2.43. The summed E-state index contributed by atoms with van der Waals surface area (Å²) in [7, 11) is -2.86. The summed E-state index contributed by atoms with van der Waals surface area (Å²) in [6.07, 6.45) is 0.643. The molecule has 0 spiro atoms. The highest BCUT2D eigenvalue weighted by Gasteiger charge is 2.30. The monoisotopic (exact) mass is 244 g/mol. The van der Waals surface area contributed by atoms with Crippen LogP contribution in [0.3, 0.4) is 0 Å². The number of H-pyrrole nitrogens is 1. The average molecular weight is 244 g/mol. The molecule has 1 N–H and O–H groups in total. The van der Waals surface area contributed by atoms with Crippen LogP contribution in [0.15, 0.2) is 6.07 Å². The molecule has 0 bridgehead atoms. The summed E-state index contributed by atoms with van der Waals surface area (Å²) in [4.78, 5) is 7.26. The zero-order valence-electron chi connectivity index (χ0n) is 8.36. The summed E-state index contributed by atoms with van der Waals surface area (Å²) < 4.78 is 23.2. The van der Waals surface area contributed by atoms with E-state index in [0.717, 1.165) is 5.69 Å². The standard InChI is InChI=1S/C9H12N2O2S2/c1-6-4-8(14)11-9(10-6)7-2-3-15(12,13)5-7/h4,7H,2-3,5H2,1H3,(H,10,11,14). The van der Waals surface area contributed by atoms with Crippen LogP contribution in [0.4, 0.5) is 0 Å². The highest BCUT2D eigenvalue weighted by Crippen LogP contribution is 2.26. The molecular weight excluding hydrogens is 232 g/mol. The third-order valence-electron chi connectivity index (χ3n) is 2.51. The normalized spacial score (nSPS) is 24.2. The third-order valence-corrected chi connectivity index (χ3v) is 4.49. The first-order valence-electron chi connectivity index (χ1n) is 4.74. The number of nitrogens with one attached hydrogen (secondary N) is 1. The lowest BCUT2D eigenvalue weighted by Gasteiger charge is -2.07. The summed E-state index contributed by atoms with van der Waals surface area (Å²) in [5.74, 6) is 1.14. The molecule has 0 amide bonds. The van der Waals surface area contributed by atoms with Gasteiger partial charge < -0.3 is 4.98 Å². The van der Waals surface area contributed by atoms with Gasteiger partial charge in [-0.2, -0.15) is 0 Å². The zero-order chi connectivity index (χ0) is 11.1. The van der Waals surface area contributed by atoms with E-state index in [4.69, 9.17) is 12.2 Å². The van der Waals surface area contributed by atoms with Crippen molar-refractivity contribution in [1.29, 1.82) is 0 Å². The van der Waals surface area contributed by atoms with Gasteiger partial charge in [-0.15, -0.1) is 0 Å². The number of rotatable bonds is 1. The quantitative estimate of drug-likeness (QED) is 0.757. The molecule has 1 fully saturated rings. The van der Waals surface area contributed by atoms with Crippen molar-refractivity contribution in [2.45, 2.75) is 19.3 Å². The van der Waals surface area contributed by atoms with Crippen LogP contribution in [0, 0.1) is 11.6 Å². The molecule has 1 saturated heterocycles. The predicted octanol–water partition coefficient (Wildman–Crippen LogP) is 1.35. The Bertz CT molecular complexity index is 533. The Kier molecular flexibility index (Phi) is 2.64. The van der Waals surface area contributed by atoms with E-state index in [-0.39, 0.29) is 17.4 Å². The van der Waals surface area contributed by atoms with Gasteiger partial charge in [-0.3, -0.25) is 0 Å². The predicted molar refractivity (Wildman–Crippen MR) is 60.2 cm³/mol. The molecule has 1 unspecified atom stereocenters. The van der Waals surface area contributed by atoms with Gasteiger partial charge in [-0.25, -0.2) is 13.4 Å². The maximum atomic E-state index is 11.3. The van der Waals surface area contributed by atoms with Gasteiger partial charge in [0.1, 0.15) is 10.5 Å². The van der Waals surface area contributed by atoms with Crippen molar-refractivity contribution in [2.24, 2.45) is 0 Å². The van der Waals surface area contributed by atoms with Crippen LogP contribution < -0.4 is 0 Å². The molecule has 82 valence electrons. The van der Waals surface area contributed by atoms with E-state index < -0.39 is 9.84 Å². The Morgan fingerprint density at radius 1 is 1.60 bits per heavy atom. The van der Waals surface area contributed by atoms with E-state index in [1.165, 1.54) is 0 Å². The molecule has 0 aromatic carbocycles. The number of aryl methyl sites for hydroxylation is 1. The van der Waals surface area contributed by atoms with Gasteiger partial charge >= 0.3 is 0 Å². The minimum absolute atomic E-state index is 0.0170. The van der Waals surface area contributed by atoms with Gasteiger partial charge in [0.25, 0.3) is 0 Å². The highest BCUT2D eigenvalue weighted by atomic mass is 32.2. The van der Waals surface area contributed by atoms with Crippen LogP contribution in [0.1, 0.15) is 23.9 Å². The van der Waals surface area contributed by atoms with Gasteiger partial charge in [-0.1, -0.05) is 12.2 Å². The minimum atomic E-state index is -2.86. The van der Waals surface area contributed by atoms with Gasteiger partial charge in [0.2, 0.25) is 0 Å². The number of hydrogen-bond donors (Lipinski definition) is 1. The molecule has 2 heterocycles. The fourth-order valence-corrected chi connectivity index (χ4v) is 3.83. The second-order valence-electron chi connectivity index (χ2n) is 3.89. The SMILES string of the molecule is Cc1cc(=S)nc(C2CCS(=O)(=O)C2)[nH]1. The topological polar surface area (TPSA) is 62.8 Å². The molecule has 1 atom stereocenters. The van der Waals surface area contributed by atoms with E-state index >= 15 is 0 Å². The Hall–Kier alpha value is -0.750. The molecule has 1 aromatic heterocycles. The van der Waals surface area contributed by atoms with Crippen molar-refractivity contribution in [3.63, 3.8) is 0 Å². The zero-order valence-corrected chi connectivity index (χ0v) is 9.99. The Balaban J connectivity index is 2.36. The average Bonchev–Trinajstić information content (AvgIpc) is 2.44. The van der Waals surface area contributed by atoms with Gasteiger partial charge in [0.05, 0.1) is 11.5 Å². The fraction of sp³-hybridized carbons (Fsp3) is 0.556. The first-order valence-corrected chi connectivity index (χ1v) is 6.97. The number of nitrogens with zero attached hydrogens (tertiary/aromatic N) is 1.